The first kappa shape index (κ1) is 10.7. The minimum Gasteiger partial charge on any atom is -0.469 e. The number of fused-ring (bicyclic) bond motifs is 1. The zero-order valence-corrected chi connectivity index (χ0v) is 9.45. The Labute approximate surface area is 91.7 Å². The van der Waals surface area contributed by atoms with E-state index in [0.29, 0.717) is 12.3 Å². The van der Waals surface area contributed by atoms with Crippen molar-refractivity contribution in [3.05, 3.63) is 12.2 Å². The Morgan fingerprint density at radius 2 is 2.13 bits per heavy atom. The number of methoxy groups -OCH3 is 1. The summed E-state index contributed by atoms with van der Waals surface area (Å²) in [4.78, 5) is 11.3. The highest BCUT2D eigenvalue weighted by Gasteiger charge is 2.34. The highest BCUT2D eigenvalue weighted by molar-refractivity contribution is 5.69. The lowest BCUT2D eigenvalue weighted by molar-refractivity contribution is -0.142. The van der Waals surface area contributed by atoms with E-state index < -0.39 is 0 Å². The molecule has 1 fully saturated rings. The molecule has 0 bridgehead atoms. The second-order valence-corrected chi connectivity index (χ2v) is 4.84. The molecule has 0 aromatic carbocycles. The summed E-state index contributed by atoms with van der Waals surface area (Å²) < 4.78 is 4.78. The van der Waals surface area contributed by atoms with Gasteiger partial charge in [-0.25, -0.2) is 0 Å². The first-order valence-electron chi connectivity index (χ1n) is 6.03. The van der Waals surface area contributed by atoms with Crippen molar-refractivity contribution in [3.63, 3.8) is 0 Å². The van der Waals surface area contributed by atoms with Gasteiger partial charge in [0.15, 0.2) is 0 Å². The molecular weight excluding hydrogens is 188 g/mol. The van der Waals surface area contributed by atoms with Gasteiger partial charge in [-0.3, -0.25) is 4.79 Å². The largest absolute Gasteiger partial charge is 0.469 e. The van der Waals surface area contributed by atoms with Gasteiger partial charge < -0.3 is 4.74 Å². The van der Waals surface area contributed by atoms with E-state index in [-0.39, 0.29) is 5.97 Å². The lowest BCUT2D eigenvalue weighted by Gasteiger charge is -2.39. The van der Waals surface area contributed by atoms with Crippen LogP contribution >= 0.6 is 0 Å². The van der Waals surface area contributed by atoms with E-state index in [1.54, 1.807) is 0 Å². The summed E-state index contributed by atoms with van der Waals surface area (Å²) in [5, 5.41) is 0. The second kappa shape index (κ2) is 4.82. The first-order valence-corrected chi connectivity index (χ1v) is 6.03. The van der Waals surface area contributed by atoms with Gasteiger partial charge in [0.1, 0.15) is 0 Å². The predicted octanol–water partition coefficient (Wildman–Crippen LogP) is 2.93. The minimum atomic E-state index is -0.0322. The zero-order chi connectivity index (χ0) is 10.7. The molecule has 2 nitrogen and oxygen atoms in total. The van der Waals surface area contributed by atoms with Gasteiger partial charge in [0.25, 0.3) is 0 Å². The molecule has 0 aromatic rings. The number of carbonyl (C=O) groups is 1. The molecule has 0 aromatic heterocycles. The summed E-state index contributed by atoms with van der Waals surface area (Å²) in [7, 11) is 1.49. The molecule has 3 unspecified atom stereocenters. The third kappa shape index (κ3) is 2.42. The van der Waals surface area contributed by atoms with Gasteiger partial charge in [-0.05, 0) is 43.4 Å². The predicted molar refractivity (Wildman–Crippen MR) is 59.3 cm³/mol. The smallest absolute Gasteiger partial charge is 0.305 e. The van der Waals surface area contributed by atoms with E-state index in [4.69, 9.17) is 4.74 Å². The fraction of sp³-hybridized carbons (Fsp3) is 0.769. The number of rotatable bonds is 2. The molecule has 3 atom stereocenters. The second-order valence-electron chi connectivity index (χ2n) is 4.84. The average Bonchev–Trinajstić information content (AvgIpc) is 2.29. The van der Waals surface area contributed by atoms with Crippen LogP contribution in [0.5, 0.6) is 0 Å². The molecule has 0 heterocycles. The van der Waals surface area contributed by atoms with Crippen LogP contribution in [0.4, 0.5) is 0 Å². The fourth-order valence-electron chi connectivity index (χ4n) is 3.21. The maximum Gasteiger partial charge on any atom is 0.305 e. The Balaban J connectivity index is 1.98. The SMILES string of the molecule is COC(=O)CC1CCCC2CC=CCC21. The third-order valence-corrected chi connectivity index (χ3v) is 4.03. The summed E-state index contributed by atoms with van der Waals surface area (Å²) in [6, 6.07) is 0. The molecule has 84 valence electrons. The van der Waals surface area contributed by atoms with Gasteiger partial charge in [0.05, 0.1) is 7.11 Å². The molecule has 15 heavy (non-hydrogen) atoms. The number of esters is 1. The van der Waals surface area contributed by atoms with Crippen LogP contribution in [-0.2, 0) is 9.53 Å². The molecule has 0 aliphatic heterocycles. The van der Waals surface area contributed by atoms with Gasteiger partial charge in [0.2, 0.25) is 0 Å². The van der Waals surface area contributed by atoms with Crippen LogP contribution in [0.1, 0.15) is 38.5 Å². The van der Waals surface area contributed by atoms with E-state index in [1.165, 1.54) is 39.2 Å². The minimum absolute atomic E-state index is 0.0322. The van der Waals surface area contributed by atoms with E-state index in [1.807, 2.05) is 0 Å². The fourth-order valence-corrected chi connectivity index (χ4v) is 3.21. The summed E-state index contributed by atoms with van der Waals surface area (Å²) >= 11 is 0. The van der Waals surface area contributed by atoms with Gasteiger partial charge >= 0.3 is 5.97 Å². The number of hydrogen-bond acceptors (Lipinski definition) is 2. The molecule has 2 heteroatoms. The Kier molecular flexibility index (Phi) is 3.45. The van der Waals surface area contributed by atoms with Crippen LogP contribution in [0.15, 0.2) is 12.2 Å². The lowest BCUT2D eigenvalue weighted by atomic mass is 9.66. The molecule has 0 saturated heterocycles. The number of allylic oxidation sites excluding steroid dienone is 2. The van der Waals surface area contributed by atoms with Crippen molar-refractivity contribution in [2.24, 2.45) is 17.8 Å². The van der Waals surface area contributed by atoms with E-state index >= 15 is 0 Å². The van der Waals surface area contributed by atoms with Crippen LogP contribution in [-0.4, -0.2) is 13.1 Å². The first-order chi connectivity index (χ1) is 7.31. The maximum absolute atomic E-state index is 11.3. The van der Waals surface area contributed by atoms with Crippen molar-refractivity contribution in [2.45, 2.75) is 38.5 Å². The van der Waals surface area contributed by atoms with Crippen LogP contribution in [0.3, 0.4) is 0 Å². The Bertz CT molecular complexity index is 257. The topological polar surface area (TPSA) is 26.3 Å². The van der Waals surface area contributed by atoms with Gasteiger partial charge in [-0.2, -0.15) is 0 Å². The van der Waals surface area contributed by atoms with Crippen LogP contribution in [0, 0.1) is 17.8 Å². The highest BCUT2D eigenvalue weighted by atomic mass is 16.5. The summed E-state index contributed by atoms with van der Waals surface area (Å²) in [6.45, 7) is 0. The van der Waals surface area contributed by atoms with Crippen LogP contribution in [0.2, 0.25) is 0 Å². The third-order valence-electron chi connectivity index (χ3n) is 4.03. The van der Waals surface area contributed by atoms with Gasteiger partial charge in [-0.1, -0.05) is 18.6 Å². The summed E-state index contributed by atoms with van der Waals surface area (Å²) in [5.41, 5.74) is 0. The van der Waals surface area contributed by atoms with Crippen molar-refractivity contribution in [1.29, 1.82) is 0 Å². The van der Waals surface area contributed by atoms with Crippen molar-refractivity contribution in [1.82, 2.24) is 0 Å². The number of hydrogen-bond donors (Lipinski definition) is 0. The molecule has 2 rings (SSSR count). The molecule has 0 radical (unpaired) electrons. The lowest BCUT2D eigenvalue weighted by Crippen LogP contribution is -2.31. The number of carbonyl (C=O) groups excluding carboxylic acids is 1. The monoisotopic (exact) mass is 208 g/mol. The molecule has 1 saturated carbocycles. The summed E-state index contributed by atoms with van der Waals surface area (Å²) in [6.07, 6.45) is 11.5. The van der Waals surface area contributed by atoms with E-state index in [0.717, 1.165) is 11.8 Å². The Hall–Kier alpha value is -0.790. The molecule has 0 amide bonds. The van der Waals surface area contributed by atoms with E-state index in [9.17, 15) is 4.79 Å². The van der Waals surface area contributed by atoms with Crippen LogP contribution < -0.4 is 0 Å². The quantitative estimate of drug-likeness (QED) is 0.515. The van der Waals surface area contributed by atoms with Crippen molar-refractivity contribution in [2.75, 3.05) is 7.11 Å². The molecule has 0 N–H and O–H groups in total. The number of ether oxygens (including phenoxy) is 1. The Morgan fingerprint density at radius 1 is 1.33 bits per heavy atom. The van der Waals surface area contributed by atoms with Crippen LogP contribution in [0.25, 0.3) is 0 Å². The standard InChI is InChI=1S/C13H20O2/c1-15-13(14)9-11-7-4-6-10-5-2-3-8-12(10)11/h2-3,10-12H,4-9H2,1H3. The highest BCUT2D eigenvalue weighted by Crippen LogP contribution is 2.42. The van der Waals surface area contributed by atoms with Gasteiger partial charge in [-0.15, -0.1) is 0 Å². The average molecular weight is 208 g/mol. The van der Waals surface area contributed by atoms with Crippen molar-refractivity contribution in [3.8, 4) is 0 Å². The zero-order valence-electron chi connectivity index (χ0n) is 9.45. The normalized spacial score (nSPS) is 34.6. The molecule has 2 aliphatic rings. The van der Waals surface area contributed by atoms with Crippen molar-refractivity contribution < 1.29 is 9.53 Å². The van der Waals surface area contributed by atoms with Crippen molar-refractivity contribution >= 4 is 5.97 Å². The van der Waals surface area contributed by atoms with Gasteiger partial charge in [0, 0.05) is 6.42 Å². The molecule has 2 aliphatic carbocycles. The van der Waals surface area contributed by atoms with E-state index in [2.05, 4.69) is 12.2 Å². The molecular formula is C13H20O2. The molecule has 0 spiro atoms. The Morgan fingerprint density at radius 3 is 2.93 bits per heavy atom. The maximum atomic E-state index is 11.3. The summed E-state index contributed by atoms with van der Waals surface area (Å²) in [5.74, 6) is 2.11.